The minimum absolute atomic E-state index is 0.0110. The van der Waals surface area contributed by atoms with Crippen molar-refractivity contribution < 1.29 is 28.7 Å². The summed E-state index contributed by atoms with van der Waals surface area (Å²) in [6.07, 6.45) is 3.69. The second-order valence-electron chi connectivity index (χ2n) is 11.3. The number of carbonyl (C=O) groups is 4. The molecule has 0 bridgehead atoms. The van der Waals surface area contributed by atoms with E-state index in [-0.39, 0.29) is 54.5 Å². The van der Waals surface area contributed by atoms with Gasteiger partial charge >= 0.3 is 0 Å². The number of Topliss-reactive ketones (excluding diaryl/α,β-unsaturated/α-hetero) is 3. The summed E-state index contributed by atoms with van der Waals surface area (Å²) in [6.45, 7) is 3.77. The van der Waals surface area contributed by atoms with Crippen molar-refractivity contribution in [3.05, 3.63) is 60.3 Å². The van der Waals surface area contributed by atoms with Gasteiger partial charge in [-0.05, 0) is 61.9 Å². The maximum atomic E-state index is 13.7. The van der Waals surface area contributed by atoms with Crippen molar-refractivity contribution in [3.8, 4) is 11.5 Å². The topological polar surface area (TPSA) is 115 Å². The Bertz CT molecular complexity index is 1360. The first-order valence-electron chi connectivity index (χ1n) is 14.5. The van der Waals surface area contributed by atoms with Gasteiger partial charge in [0.2, 0.25) is 5.91 Å². The van der Waals surface area contributed by atoms with Gasteiger partial charge in [-0.1, -0.05) is 44.5 Å². The molecule has 3 aromatic rings. The number of hydrogen-bond donors (Lipinski definition) is 2. The Morgan fingerprint density at radius 1 is 1.05 bits per heavy atom. The van der Waals surface area contributed by atoms with Crippen molar-refractivity contribution in [2.24, 2.45) is 17.8 Å². The summed E-state index contributed by atoms with van der Waals surface area (Å²) in [4.78, 5) is 56.1. The third-order valence-electron chi connectivity index (χ3n) is 7.73. The highest BCUT2D eigenvalue weighted by Gasteiger charge is 2.33. The first-order chi connectivity index (χ1) is 19.7. The molecule has 2 N–H and O–H groups in total. The minimum Gasteiger partial charge on any atom is -0.496 e. The number of aromatic amines is 1. The van der Waals surface area contributed by atoms with Crippen LogP contribution in [0.15, 0.2) is 54.6 Å². The minimum atomic E-state index is -0.875. The van der Waals surface area contributed by atoms with Crippen molar-refractivity contribution >= 4 is 34.2 Å². The number of ether oxygens (including phenoxy) is 2. The van der Waals surface area contributed by atoms with Crippen LogP contribution in [0.4, 0.5) is 0 Å². The van der Waals surface area contributed by atoms with Crippen molar-refractivity contribution in [1.82, 2.24) is 10.3 Å². The number of carbonyl (C=O) groups excluding carboxylic acids is 4. The van der Waals surface area contributed by atoms with E-state index in [1.54, 1.807) is 25.3 Å². The molecule has 218 valence electrons. The number of nitrogens with one attached hydrogen (secondary N) is 2. The Morgan fingerprint density at radius 3 is 2.54 bits per heavy atom. The Hall–Kier alpha value is -3.94. The lowest BCUT2D eigenvalue weighted by Gasteiger charge is -2.27. The van der Waals surface area contributed by atoms with Crippen molar-refractivity contribution in [1.29, 1.82) is 0 Å². The number of H-pyrrole nitrogens is 1. The van der Waals surface area contributed by atoms with Crippen LogP contribution in [0.2, 0.25) is 0 Å². The fourth-order valence-corrected chi connectivity index (χ4v) is 5.56. The van der Waals surface area contributed by atoms with Crippen LogP contribution in [0.25, 0.3) is 10.9 Å². The molecular formula is C33H40N2O6. The van der Waals surface area contributed by atoms with Crippen LogP contribution in [-0.2, 0) is 14.4 Å². The normalized spacial score (nSPS) is 16.8. The SMILES string of the molecule is COc1cccc2[nH]c(C(=O)C[C@@H](CC(C)C)C(=O)N[C@@H](C[C@@H]3CCCCC3=O)C(=O)COc3ccccc3)cc12. The molecule has 0 saturated heterocycles. The average Bonchev–Trinajstić information content (AvgIpc) is 3.41. The molecule has 0 unspecified atom stereocenters. The fraction of sp³-hybridized carbons (Fsp3) is 0.455. The average molecular weight is 561 g/mol. The largest absolute Gasteiger partial charge is 0.496 e. The highest BCUT2D eigenvalue weighted by molar-refractivity contribution is 6.02. The lowest BCUT2D eigenvalue weighted by Crippen LogP contribution is -2.47. The van der Waals surface area contributed by atoms with Crippen molar-refractivity contribution in [2.45, 2.75) is 64.8 Å². The molecule has 2 aromatic carbocycles. The molecule has 1 aliphatic carbocycles. The van der Waals surface area contributed by atoms with Crippen LogP contribution in [0.5, 0.6) is 11.5 Å². The van der Waals surface area contributed by atoms with Gasteiger partial charge in [0.15, 0.2) is 11.6 Å². The Morgan fingerprint density at radius 2 is 1.83 bits per heavy atom. The molecule has 8 heteroatoms. The lowest BCUT2D eigenvalue weighted by molar-refractivity contribution is -0.133. The molecule has 1 heterocycles. The van der Waals surface area contributed by atoms with Crippen LogP contribution < -0.4 is 14.8 Å². The van der Waals surface area contributed by atoms with E-state index < -0.39 is 12.0 Å². The Labute approximate surface area is 241 Å². The van der Waals surface area contributed by atoms with Crippen LogP contribution in [0.3, 0.4) is 0 Å². The zero-order valence-electron chi connectivity index (χ0n) is 24.1. The van der Waals surface area contributed by atoms with Gasteiger partial charge < -0.3 is 19.8 Å². The van der Waals surface area contributed by atoms with Crippen LogP contribution in [0, 0.1) is 17.8 Å². The predicted molar refractivity (Wildman–Crippen MR) is 157 cm³/mol. The van der Waals surface area contributed by atoms with E-state index in [9.17, 15) is 19.2 Å². The van der Waals surface area contributed by atoms with Crippen molar-refractivity contribution in [3.63, 3.8) is 0 Å². The zero-order valence-corrected chi connectivity index (χ0v) is 24.1. The fourth-order valence-electron chi connectivity index (χ4n) is 5.56. The zero-order chi connectivity index (χ0) is 29.4. The second kappa shape index (κ2) is 14.1. The molecule has 4 rings (SSSR count). The summed E-state index contributed by atoms with van der Waals surface area (Å²) in [5.41, 5.74) is 1.18. The van der Waals surface area contributed by atoms with E-state index in [0.29, 0.717) is 36.5 Å². The number of benzene rings is 2. The number of ketones is 3. The summed E-state index contributed by atoms with van der Waals surface area (Å²) >= 11 is 0. The summed E-state index contributed by atoms with van der Waals surface area (Å²) in [5, 5.41) is 3.72. The molecule has 1 fully saturated rings. The van der Waals surface area contributed by atoms with E-state index in [1.165, 1.54) is 0 Å². The molecule has 1 aliphatic rings. The first-order valence-corrected chi connectivity index (χ1v) is 14.5. The number of amides is 1. The van der Waals surface area contributed by atoms with E-state index in [2.05, 4.69) is 10.3 Å². The van der Waals surface area contributed by atoms with Crippen LogP contribution in [-0.4, -0.2) is 48.0 Å². The number of methoxy groups -OCH3 is 1. The monoisotopic (exact) mass is 560 g/mol. The molecule has 41 heavy (non-hydrogen) atoms. The van der Waals surface area contributed by atoms with Crippen LogP contribution in [0.1, 0.15) is 69.3 Å². The van der Waals surface area contributed by atoms with Gasteiger partial charge in [-0.3, -0.25) is 19.2 Å². The molecule has 0 radical (unpaired) electrons. The quantitative estimate of drug-likeness (QED) is 0.245. The summed E-state index contributed by atoms with van der Waals surface area (Å²) < 4.78 is 11.1. The highest BCUT2D eigenvalue weighted by atomic mass is 16.5. The standard InChI is InChI=1S/C33H40N2O6/c1-21(2)16-23(18-30(37)28-19-25-26(34-28)13-9-15-32(25)40-3)33(39)35-27(17-22-10-7-8-14-29(22)36)31(38)20-41-24-11-5-4-6-12-24/h4-6,9,11-13,15,19,21-23,27,34H,7-8,10,14,16-18,20H2,1-3H3,(H,35,39)/t22-,23+,27-/m0/s1. The molecule has 0 aliphatic heterocycles. The number of fused-ring (bicyclic) bond motifs is 1. The van der Waals surface area contributed by atoms with Gasteiger partial charge in [0.1, 0.15) is 23.9 Å². The molecule has 1 saturated carbocycles. The lowest BCUT2D eigenvalue weighted by atomic mass is 9.82. The van der Waals surface area contributed by atoms with E-state index in [1.807, 2.05) is 50.2 Å². The number of hydrogen-bond acceptors (Lipinski definition) is 6. The van der Waals surface area contributed by atoms with Gasteiger partial charge in [-0.2, -0.15) is 0 Å². The number of para-hydroxylation sites is 1. The number of aromatic nitrogens is 1. The van der Waals surface area contributed by atoms with Gasteiger partial charge in [0, 0.05) is 35.6 Å². The molecule has 0 spiro atoms. The molecule has 1 aromatic heterocycles. The van der Waals surface area contributed by atoms with Gasteiger partial charge in [0.05, 0.1) is 18.8 Å². The van der Waals surface area contributed by atoms with E-state index >= 15 is 0 Å². The molecule has 3 atom stereocenters. The molecular weight excluding hydrogens is 520 g/mol. The third kappa shape index (κ3) is 8.06. The third-order valence-corrected chi connectivity index (χ3v) is 7.73. The van der Waals surface area contributed by atoms with Gasteiger partial charge in [0.25, 0.3) is 0 Å². The van der Waals surface area contributed by atoms with E-state index in [4.69, 9.17) is 9.47 Å². The smallest absolute Gasteiger partial charge is 0.224 e. The van der Waals surface area contributed by atoms with Gasteiger partial charge in [-0.25, -0.2) is 0 Å². The first kappa shape index (κ1) is 30.0. The maximum Gasteiger partial charge on any atom is 0.224 e. The summed E-state index contributed by atoms with van der Waals surface area (Å²) in [5.74, 6) is -0.262. The van der Waals surface area contributed by atoms with Crippen LogP contribution >= 0.6 is 0 Å². The number of rotatable bonds is 14. The van der Waals surface area contributed by atoms with Crippen molar-refractivity contribution in [2.75, 3.05) is 13.7 Å². The maximum absolute atomic E-state index is 13.7. The second-order valence-corrected chi connectivity index (χ2v) is 11.3. The van der Waals surface area contributed by atoms with E-state index in [0.717, 1.165) is 23.7 Å². The molecule has 8 nitrogen and oxygen atoms in total. The highest BCUT2D eigenvalue weighted by Crippen LogP contribution is 2.28. The summed E-state index contributed by atoms with van der Waals surface area (Å²) in [6, 6.07) is 15.4. The Balaban J connectivity index is 1.50. The molecule has 1 amide bonds. The Kier molecular flexibility index (Phi) is 10.3. The predicted octanol–water partition coefficient (Wildman–Crippen LogP) is 5.69. The van der Waals surface area contributed by atoms with Gasteiger partial charge in [-0.15, -0.1) is 0 Å². The summed E-state index contributed by atoms with van der Waals surface area (Å²) in [7, 11) is 1.58.